The Kier molecular flexibility index (Phi) is 6.30. The van der Waals surface area contributed by atoms with Crippen LogP contribution < -0.4 is 0 Å². The lowest BCUT2D eigenvalue weighted by Crippen LogP contribution is -2.70. The van der Waals surface area contributed by atoms with E-state index in [0.717, 1.165) is 6.08 Å². The summed E-state index contributed by atoms with van der Waals surface area (Å²) in [5, 5.41) is 10.8. The van der Waals surface area contributed by atoms with Crippen LogP contribution in [-0.2, 0) is 21.4 Å². The van der Waals surface area contributed by atoms with Crippen molar-refractivity contribution in [2.75, 3.05) is 6.01 Å². The van der Waals surface area contributed by atoms with Gasteiger partial charge in [-0.2, -0.15) is 0 Å². The Morgan fingerprint density at radius 3 is 2.63 bits per heavy atom. The van der Waals surface area contributed by atoms with Gasteiger partial charge in [0.1, 0.15) is 17.9 Å². The first-order chi connectivity index (χ1) is 17.8. The van der Waals surface area contributed by atoms with E-state index >= 15 is 8.78 Å². The molecule has 1 aromatic heterocycles. The summed E-state index contributed by atoms with van der Waals surface area (Å²) < 4.78 is 54.1. The number of ether oxygens (including phenoxy) is 1. The zero-order chi connectivity index (χ0) is 27.8. The molecular weight excluding hydrogens is 521 g/mol. The summed E-state index contributed by atoms with van der Waals surface area (Å²) in [6.07, 6.45) is 2.60. The molecule has 0 saturated heterocycles. The van der Waals surface area contributed by atoms with Gasteiger partial charge in [0.25, 0.3) is 0 Å². The van der Waals surface area contributed by atoms with Crippen LogP contribution in [0.15, 0.2) is 36.3 Å². The van der Waals surface area contributed by atoms with Crippen molar-refractivity contribution in [2.45, 2.75) is 63.6 Å². The molecule has 0 bridgehead atoms. The number of allylic oxidation sites excluding steroid dienone is 4. The maximum Gasteiger partial charge on any atom is 0.357 e. The zero-order valence-corrected chi connectivity index (χ0v) is 22.4. The average molecular weight is 553 g/mol. The molecule has 38 heavy (non-hydrogen) atoms. The number of hydrogen-bond donors (Lipinski definition) is 1. The summed E-state index contributed by atoms with van der Waals surface area (Å²) in [5.41, 5.74) is -7.10. The molecule has 0 amide bonds. The molecule has 5 rings (SSSR count). The average Bonchev–Trinajstić information content (AvgIpc) is 3.37. The number of aliphatic hydroxyl groups excluding tert-OH is 1. The quantitative estimate of drug-likeness (QED) is 0.563. The van der Waals surface area contributed by atoms with Crippen molar-refractivity contribution in [3.05, 3.63) is 42.0 Å². The Bertz CT molecular complexity index is 1270. The number of ketones is 1. The number of carbonyl (C=O) groups is 3. The molecule has 1 N–H and O–H groups in total. The highest BCUT2D eigenvalue weighted by Crippen LogP contribution is 2.72. The van der Waals surface area contributed by atoms with Crippen LogP contribution in [0, 0.1) is 28.6 Å². The Morgan fingerprint density at radius 2 is 2.00 bits per heavy atom. The van der Waals surface area contributed by atoms with Gasteiger partial charge in [-0.3, -0.25) is 9.59 Å². The molecule has 0 aromatic carbocycles. The fourth-order valence-corrected chi connectivity index (χ4v) is 8.92. The first-order valence-corrected chi connectivity index (χ1v) is 13.7. The lowest BCUT2D eigenvalue weighted by atomic mass is 9.44. The monoisotopic (exact) mass is 552 g/mol. The van der Waals surface area contributed by atoms with Crippen LogP contribution in [0.3, 0.4) is 0 Å². The fourth-order valence-electron chi connectivity index (χ4n) is 8.13. The van der Waals surface area contributed by atoms with E-state index in [1.54, 1.807) is 20.9 Å². The third-order valence-corrected chi connectivity index (χ3v) is 10.6. The van der Waals surface area contributed by atoms with E-state index < -0.39 is 75.0 Å². The van der Waals surface area contributed by atoms with Crippen molar-refractivity contribution in [1.82, 2.24) is 9.55 Å². The Morgan fingerprint density at radius 1 is 1.29 bits per heavy atom. The van der Waals surface area contributed by atoms with Crippen molar-refractivity contribution in [3.63, 3.8) is 0 Å². The normalized spacial score (nSPS) is 43.6. The van der Waals surface area contributed by atoms with Gasteiger partial charge in [-0.05, 0) is 61.6 Å². The molecule has 4 aliphatic rings. The molecule has 0 aliphatic heterocycles. The van der Waals surface area contributed by atoms with Gasteiger partial charge in [-0.1, -0.05) is 19.9 Å². The molecule has 0 spiro atoms. The topological polar surface area (TPSA) is 98.5 Å². The highest BCUT2D eigenvalue weighted by Gasteiger charge is 2.78. The molecule has 7 nitrogen and oxygen atoms in total. The van der Waals surface area contributed by atoms with E-state index in [9.17, 15) is 23.9 Å². The molecule has 1 aromatic rings. The number of aliphatic hydroxyl groups is 1. The van der Waals surface area contributed by atoms with E-state index in [-0.39, 0.29) is 30.5 Å². The molecule has 1 heterocycles. The van der Waals surface area contributed by atoms with E-state index in [0.29, 0.717) is 11.8 Å². The van der Waals surface area contributed by atoms with Crippen LogP contribution >= 0.6 is 11.8 Å². The third-order valence-electron chi connectivity index (χ3n) is 9.94. The predicted molar refractivity (Wildman–Crippen MR) is 133 cm³/mol. The summed E-state index contributed by atoms with van der Waals surface area (Å²) in [7, 11) is 1.58. The van der Waals surface area contributed by atoms with E-state index in [1.807, 2.05) is 0 Å². The lowest BCUT2D eigenvalue weighted by Gasteiger charge is -2.63. The number of aryl methyl sites for hydroxylation is 1. The number of carbonyl (C=O) groups excluding carboxylic acids is 3. The second kappa shape index (κ2) is 8.81. The summed E-state index contributed by atoms with van der Waals surface area (Å²) in [4.78, 5) is 43.0. The summed E-state index contributed by atoms with van der Waals surface area (Å²) in [6, 6.07) is -1.06. The van der Waals surface area contributed by atoms with Gasteiger partial charge in [0.2, 0.25) is 5.12 Å². The van der Waals surface area contributed by atoms with Crippen LogP contribution in [0.5, 0.6) is 0 Å². The molecule has 0 unspecified atom stereocenters. The van der Waals surface area contributed by atoms with Crippen molar-refractivity contribution < 1.29 is 37.4 Å². The number of hydrogen-bond acceptors (Lipinski definition) is 7. The molecule has 3 saturated carbocycles. The first kappa shape index (κ1) is 27.2. The van der Waals surface area contributed by atoms with Gasteiger partial charge in [0, 0.05) is 29.7 Å². The molecule has 206 valence electrons. The minimum Gasteiger partial charge on any atom is -0.444 e. The predicted octanol–water partition coefficient (Wildman–Crippen LogP) is 4.07. The van der Waals surface area contributed by atoms with Crippen LogP contribution in [-0.4, -0.2) is 61.1 Å². The standard InChI is InChI=1S/C27H31F3N2O5S/c1-14-7-16-17-9-19(29)18-8-15(33)5-6-24(18,2)26(17,30)21(34)10-25(16,3)27(14,23(36)38-12-28)37-22(35)20-11-31-13-32(20)4/h5-6,8,11,13-14,16-17,19,21,34H,7,9-10,12H2,1-4H3/t14-,16+,17+,19+,21+,24+,25+,26+,27+/m1/s1. The van der Waals surface area contributed by atoms with Gasteiger partial charge in [0.05, 0.1) is 18.6 Å². The third kappa shape index (κ3) is 3.26. The highest BCUT2D eigenvalue weighted by molar-refractivity contribution is 8.13. The first-order valence-electron chi connectivity index (χ1n) is 12.7. The largest absolute Gasteiger partial charge is 0.444 e. The van der Waals surface area contributed by atoms with Gasteiger partial charge in [0.15, 0.2) is 17.1 Å². The van der Waals surface area contributed by atoms with Gasteiger partial charge in [-0.15, -0.1) is 0 Å². The molecule has 9 atom stereocenters. The summed E-state index contributed by atoms with van der Waals surface area (Å²) in [6.45, 7) is 4.83. The molecule has 3 fully saturated rings. The molecule has 11 heteroatoms. The molecule has 0 radical (unpaired) electrons. The Balaban J connectivity index is 1.64. The highest BCUT2D eigenvalue weighted by atomic mass is 32.2. The minimum absolute atomic E-state index is 0.00425. The number of thioether (sulfide) groups is 1. The van der Waals surface area contributed by atoms with Gasteiger partial charge in [-0.25, -0.2) is 22.9 Å². The van der Waals surface area contributed by atoms with E-state index in [1.165, 1.54) is 36.2 Å². The van der Waals surface area contributed by atoms with E-state index in [4.69, 9.17) is 4.74 Å². The number of rotatable bonds is 4. The van der Waals surface area contributed by atoms with Crippen molar-refractivity contribution in [2.24, 2.45) is 35.6 Å². The molecular formula is C27H31F3N2O5S. The smallest absolute Gasteiger partial charge is 0.357 e. The van der Waals surface area contributed by atoms with Crippen LogP contribution in [0.4, 0.5) is 13.2 Å². The van der Waals surface area contributed by atoms with Crippen molar-refractivity contribution >= 4 is 28.6 Å². The number of aromatic nitrogens is 2. The lowest BCUT2D eigenvalue weighted by molar-refractivity contribution is -0.221. The SMILES string of the molecule is C[C@@H]1C[C@H]2[C@@H]3C[C@H](F)C4=CC(=O)C=C[C@]4(C)[C@@]3(F)[C@@H](O)C[C@]2(C)[C@@]1(OC(=O)c1cncn1C)C(=O)SCF. The second-order valence-electron chi connectivity index (χ2n) is 11.6. The van der Waals surface area contributed by atoms with Gasteiger partial charge < -0.3 is 14.4 Å². The number of nitrogens with zero attached hydrogens (tertiary/aromatic N) is 2. The summed E-state index contributed by atoms with van der Waals surface area (Å²) in [5.74, 6) is -3.72. The van der Waals surface area contributed by atoms with Crippen molar-refractivity contribution in [1.29, 1.82) is 0 Å². The summed E-state index contributed by atoms with van der Waals surface area (Å²) >= 11 is 0.364. The number of esters is 1. The Hall–Kier alpha value is -2.40. The number of fused-ring (bicyclic) bond motifs is 5. The van der Waals surface area contributed by atoms with Crippen LogP contribution in [0.2, 0.25) is 0 Å². The number of alkyl halides is 3. The van der Waals surface area contributed by atoms with Crippen LogP contribution in [0.1, 0.15) is 50.5 Å². The second-order valence-corrected chi connectivity index (χ2v) is 12.4. The van der Waals surface area contributed by atoms with Crippen LogP contribution in [0.25, 0.3) is 0 Å². The minimum atomic E-state index is -2.35. The Labute approximate surface area is 222 Å². The van der Waals surface area contributed by atoms with Crippen molar-refractivity contribution in [3.8, 4) is 0 Å². The number of imidazole rings is 1. The molecule has 4 aliphatic carbocycles. The van der Waals surface area contributed by atoms with E-state index in [2.05, 4.69) is 4.98 Å². The number of halogens is 3. The maximum atomic E-state index is 17.4. The maximum absolute atomic E-state index is 17.4. The van der Waals surface area contributed by atoms with Gasteiger partial charge >= 0.3 is 5.97 Å². The fraction of sp³-hybridized carbons (Fsp3) is 0.630. The zero-order valence-electron chi connectivity index (χ0n) is 21.6.